The van der Waals surface area contributed by atoms with Crippen LogP contribution in [-0.4, -0.2) is 11.1 Å². The Morgan fingerprint density at radius 1 is 1.40 bits per heavy atom. The van der Waals surface area contributed by atoms with E-state index in [1.807, 2.05) is 0 Å². The molecule has 0 amide bonds. The molecular formula is C11H11BrClFO. The summed E-state index contributed by atoms with van der Waals surface area (Å²) < 4.78 is 13.3. The summed E-state index contributed by atoms with van der Waals surface area (Å²) in [4.78, 5) is 11.6. The normalized spacial score (nSPS) is 10.3. The Hall–Kier alpha value is -0.410. The topological polar surface area (TPSA) is 17.1 Å². The van der Waals surface area contributed by atoms with E-state index in [1.54, 1.807) is 0 Å². The molecule has 1 aromatic rings. The van der Waals surface area contributed by atoms with Crippen molar-refractivity contribution in [1.29, 1.82) is 0 Å². The van der Waals surface area contributed by atoms with Crippen molar-refractivity contribution >= 4 is 33.3 Å². The van der Waals surface area contributed by atoms with Crippen LogP contribution < -0.4 is 0 Å². The number of carbonyl (C=O) groups is 1. The fourth-order valence-electron chi connectivity index (χ4n) is 1.23. The molecule has 0 aliphatic carbocycles. The second kappa shape index (κ2) is 6.23. The van der Waals surface area contributed by atoms with Crippen molar-refractivity contribution in [2.24, 2.45) is 0 Å². The number of halogens is 3. The smallest absolute Gasteiger partial charge is 0.165 e. The Morgan fingerprint density at radius 2 is 2.13 bits per heavy atom. The lowest BCUT2D eigenvalue weighted by Crippen LogP contribution is -2.02. The summed E-state index contributed by atoms with van der Waals surface area (Å²) in [6, 6.07) is 4.13. The van der Waals surface area contributed by atoms with E-state index in [2.05, 4.69) is 15.9 Å². The first kappa shape index (κ1) is 12.7. The molecule has 1 rings (SSSR count). The molecule has 0 radical (unpaired) electrons. The molecule has 0 unspecified atom stereocenters. The number of rotatable bonds is 5. The van der Waals surface area contributed by atoms with Gasteiger partial charge in [-0.3, -0.25) is 4.79 Å². The van der Waals surface area contributed by atoms with Gasteiger partial charge in [0.2, 0.25) is 0 Å². The largest absolute Gasteiger partial charge is 0.294 e. The Bertz CT molecular complexity index is 354. The summed E-state index contributed by atoms with van der Waals surface area (Å²) in [7, 11) is 0. The van der Waals surface area contributed by atoms with Crippen LogP contribution in [0.15, 0.2) is 18.2 Å². The first-order valence-electron chi connectivity index (χ1n) is 4.69. The second-order valence-corrected chi connectivity index (χ2v) is 4.42. The van der Waals surface area contributed by atoms with Gasteiger partial charge >= 0.3 is 0 Å². The highest BCUT2D eigenvalue weighted by Gasteiger charge is 2.11. The monoisotopic (exact) mass is 292 g/mol. The summed E-state index contributed by atoms with van der Waals surface area (Å²) in [5, 5.41) is 1.17. The zero-order valence-electron chi connectivity index (χ0n) is 8.10. The molecule has 82 valence electrons. The second-order valence-electron chi connectivity index (χ2n) is 3.19. The molecule has 0 aromatic heterocycles. The minimum Gasteiger partial charge on any atom is -0.294 e. The van der Waals surface area contributed by atoms with Crippen LogP contribution in [0.2, 0.25) is 5.02 Å². The van der Waals surface area contributed by atoms with Gasteiger partial charge in [-0.15, -0.1) is 0 Å². The van der Waals surface area contributed by atoms with Gasteiger partial charge in [0.25, 0.3) is 0 Å². The fourth-order valence-corrected chi connectivity index (χ4v) is 1.79. The molecule has 0 fully saturated rings. The number of benzene rings is 1. The van der Waals surface area contributed by atoms with Crippen molar-refractivity contribution in [3.05, 3.63) is 34.6 Å². The number of carbonyl (C=O) groups excluding carboxylic acids is 1. The van der Waals surface area contributed by atoms with Crippen LogP contribution in [0, 0.1) is 5.82 Å². The highest BCUT2D eigenvalue weighted by Crippen LogP contribution is 2.17. The molecule has 0 spiro atoms. The van der Waals surface area contributed by atoms with E-state index in [0.29, 0.717) is 11.4 Å². The lowest BCUT2D eigenvalue weighted by atomic mass is 10.1. The van der Waals surface area contributed by atoms with Crippen LogP contribution in [0.25, 0.3) is 0 Å². The number of alkyl halides is 1. The summed E-state index contributed by atoms with van der Waals surface area (Å²) in [6.07, 6.45) is 2.07. The molecule has 0 aliphatic heterocycles. The van der Waals surface area contributed by atoms with Crippen molar-refractivity contribution in [1.82, 2.24) is 0 Å². The first-order chi connectivity index (χ1) is 7.15. The Morgan fingerprint density at radius 3 is 2.73 bits per heavy atom. The Labute approximate surface area is 102 Å². The molecule has 0 heterocycles. The quantitative estimate of drug-likeness (QED) is 0.451. The van der Waals surface area contributed by atoms with Gasteiger partial charge in [-0.2, -0.15) is 0 Å². The third-order valence-electron chi connectivity index (χ3n) is 2.02. The minimum atomic E-state index is -0.536. The van der Waals surface area contributed by atoms with Crippen LogP contribution in [-0.2, 0) is 0 Å². The predicted molar refractivity (Wildman–Crippen MR) is 63.4 cm³/mol. The molecule has 1 nitrogen and oxygen atoms in total. The maximum absolute atomic E-state index is 13.3. The van der Waals surface area contributed by atoms with Crippen LogP contribution >= 0.6 is 27.5 Å². The van der Waals surface area contributed by atoms with Crippen LogP contribution in [0.4, 0.5) is 4.39 Å². The SMILES string of the molecule is O=C(CCCCBr)c1ccc(Cl)cc1F. The average molecular weight is 294 g/mol. The molecule has 1 aromatic carbocycles. The third kappa shape index (κ3) is 3.92. The van der Waals surface area contributed by atoms with Gasteiger partial charge in [-0.1, -0.05) is 27.5 Å². The molecule has 0 saturated heterocycles. The van der Waals surface area contributed by atoms with Gasteiger partial charge in [-0.25, -0.2) is 4.39 Å². The standard InChI is InChI=1S/C11H11BrClFO/c12-6-2-1-3-11(15)9-5-4-8(13)7-10(9)14/h4-5,7H,1-3,6H2. The van der Waals surface area contributed by atoms with Gasteiger partial charge in [0.1, 0.15) is 5.82 Å². The first-order valence-corrected chi connectivity index (χ1v) is 6.19. The molecule has 0 atom stereocenters. The lowest BCUT2D eigenvalue weighted by molar-refractivity contribution is 0.0976. The zero-order valence-corrected chi connectivity index (χ0v) is 10.4. The van der Waals surface area contributed by atoms with E-state index in [0.717, 1.165) is 18.2 Å². The van der Waals surface area contributed by atoms with Crippen molar-refractivity contribution in [3.63, 3.8) is 0 Å². The van der Waals surface area contributed by atoms with Gasteiger partial charge in [0.05, 0.1) is 5.56 Å². The number of hydrogen-bond acceptors (Lipinski definition) is 1. The van der Waals surface area contributed by atoms with Crippen LogP contribution in [0.3, 0.4) is 0 Å². The zero-order chi connectivity index (χ0) is 11.3. The fraction of sp³-hybridized carbons (Fsp3) is 0.364. The number of unbranched alkanes of at least 4 members (excludes halogenated alkanes) is 1. The highest BCUT2D eigenvalue weighted by molar-refractivity contribution is 9.09. The number of hydrogen-bond donors (Lipinski definition) is 0. The predicted octanol–water partition coefficient (Wildman–Crippen LogP) is 4.23. The number of Topliss-reactive ketones (excluding diaryl/α,β-unsaturated/α-hetero) is 1. The maximum atomic E-state index is 13.3. The van der Waals surface area contributed by atoms with Crippen LogP contribution in [0.5, 0.6) is 0 Å². The van der Waals surface area contributed by atoms with E-state index in [9.17, 15) is 9.18 Å². The summed E-state index contributed by atoms with van der Waals surface area (Å²) in [5.74, 6) is -0.698. The van der Waals surface area contributed by atoms with E-state index < -0.39 is 5.82 Å². The minimum absolute atomic E-state index is 0.133. The Kier molecular flexibility index (Phi) is 5.26. The molecule has 0 saturated carbocycles. The van der Waals surface area contributed by atoms with Crippen molar-refractivity contribution in [2.45, 2.75) is 19.3 Å². The third-order valence-corrected chi connectivity index (χ3v) is 2.81. The highest BCUT2D eigenvalue weighted by atomic mass is 79.9. The van der Waals surface area contributed by atoms with Gasteiger partial charge < -0.3 is 0 Å². The molecule has 0 bridgehead atoms. The van der Waals surface area contributed by atoms with E-state index in [-0.39, 0.29) is 11.3 Å². The lowest BCUT2D eigenvalue weighted by Gasteiger charge is -2.02. The molecule has 0 N–H and O–H groups in total. The summed E-state index contributed by atoms with van der Waals surface area (Å²) in [5.41, 5.74) is 0.133. The summed E-state index contributed by atoms with van der Waals surface area (Å²) >= 11 is 8.87. The average Bonchev–Trinajstić information content (AvgIpc) is 2.17. The van der Waals surface area contributed by atoms with Gasteiger partial charge in [0, 0.05) is 16.8 Å². The maximum Gasteiger partial charge on any atom is 0.165 e. The molecular weight excluding hydrogens is 282 g/mol. The van der Waals surface area contributed by atoms with E-state index in [1.165, 1.54) is 18.2 Å². The number of ketones is 1. The molecule has 4 heteroatoms. The summed E-state index contributed by atoms with van der Waals surface area (Å²) in [6.45, 7) is 0. The van der Waals surface area contributed by atoms with Gasteiger partial charge in [-0.05, 0) is 31.0 Å². The van der Waals surface area contributed by atoms with Crippen molar-refractivity contribution in [3.8, 4) is 0 Å². The van der Waals surface area contributed by atoms with E-state index >= 15 is 0 Å². The molecule has 15 heavy (non-hydrogen) atoms. The van der Waals surface area contributed by atoms with Gasteiger partial charge in [0.15, 0.2) is 5.78 Å². The van der Waals surface area contributed by atoms with Crippen molar-refractivity contribution < 1.29 is 9.18 Å². The Balaban J connectivity index is 2.65. The van der Waals surface area contributed by atoms with E-state index in [4.69, 9.17) is 11.6 Å². The van der Waals surface area contributed by atoms with Crippen LogP contribution in [0.1, 0.15) is 29.6 Å². The van der Waals surface area contributed by atoms with Crippen molar-refractivity contribution in [2.75, 3.05) is 5.33 Å². The molecule has 0 aliphatic rings.